The van der Waals surface area contributed by atoms with Crippen molar-refractivity contribution in [3.63, 3.8) is 0 Å². The zero-order valence-corrected chi connectivity index (χ0v) is 5.68. The van der Waals surface area contributed by atoms with Crippen LogP contribution >= 0.6 is 0 Å². The van der Waals surface area contributed by atoms with Gasteiger partial charge in [-0.2, -0.15) is 0 Å². The fourth-order valence-corrected chi connectivity index (χ4v) is 0.859. The van der Waals surface area contributed by atoms with Crippen LogP contribution in [0.4, 0.5) is 0 Å². The highest BCUT2D eigenvalue weighted by atomic mass is 16.6. The molecule has 1 heterocycles. The van der Waals surface area contributed by atoms with Crippen molar-refractivity contribution in [2.45, 2.75) is 20.0 Å². The minimum absolute atomic E-state index is 0.0162. The molecule has 0 aliphatic carbocycles. The maximum Gasteiger partial charge on any atom is 0.337 e. The molecule has 0 saturated carbocycles. The molecule has 1 unspecified atom stereocenters. The van der Waals surface area contributed by atoms with Gasteiger partial charge in [0.25, 0.3) is 0 Å². The highest BCUT2D eigenvalue weighted by Crippen LogP contribution is 2.25. The Morgan fingerprint density at radius 1 is 1.67 bits per heavy atom. The first-order valence-corrected chi connectivity index (χ1v) is 3.02. The van der Waals surface area contributed by atoms with Gasteiger partial charge in [-0.1, -0.05) is 20.4 Å². The van der Waals surface area contributed by atoms with E-state index in [9.17, 15) is 4.79 Å². The van der Waals surface area contributed by atoms with E-state index in [0.717, 1.165) is 0 Å². The van der Waals surface area contributed by atoms with E-state index in [0.29, 0.717) is 11.5 Å². The van der Waals surface area contributed by atoms with E-state index in [2.05, 4.69) is 6.58 Å². The van der Waals surface area contributed by atoms with E-state index < -0.39 is 0 Å². The Labute approximate surface area is 54.5 Å². The summed E-state index contributed by atoms with van der Waals surface area (Å²) in [5, 5.41) is 0. The zero-order chi connectivity index (χ0) is 7.02. The minimum atomic E-state index is -0.242. The van der Waals surface area contributed by atoms with Crippen LogP contribution in [0.25, 0.3) is 0 Å². The second kappa shape index (κ2) is 1.87. The topological polar surface area (TPSA) is 26.3 Å². The Morgan fingerprint density at radius 3 is 2.33 bits per heavy atom. The number of carbonyl (C=O) groups excluding carboxylic acids is 1. The summed E-state index contributed by atoms with van der Waals surface area (Å²) in [5.74, 6) is 0.129. The molecule has 2 nitrogen and oxygen atoms in total. The highest BCUT2D eigenvalue weighted by Gasteiger charge is 2.35. The van der Waals surface area contributed by atoms with Gasteiger partial charge in [-0.05, 0) is 5.92 Å². The number of rotatable bonds is 1. The Bertz CT molecular complexity index is 158. The molecule has 0 bridgehead atoms. The Balaban J connectivity index is 2.52. The average Bonchev–Trinajstić information content (AvgIpc) is 1.81. The Morgan fingerprint density at radius 2 is 2.22 bits per heavy atom. The largest absolute Gasteiger partial charge is 0.454 e. The van der Waals surface area contributed by atoms with E-state index in [-0.39, 0.29) is 12.1 Å². The van der Waals surface area contributed by atoms with Crippen molar-refractivity contribution in [1.29, 1.82) is 0 Å². The quantitative estimate of drug-likeness (QED) is 0.389. The maximum absolute atomic E-state index is 10.4. The van der Waals surface area contributed by atoms with E-state index in [1.165, 1.54) is 0 Å². The van der Waals surface area contributed by atoms with Gasteiger partial charge in [0.2, 0.25) is 0 Å². The molecule has 1 fully saturated rings. The molecule has 0 aromatic heterocycles. The van der Waals surface area contributed by atoms with Crippen LogP contribution in [0.2, 0.25) is 0 Å². The second-order valence-corrected chi connectivity index (χ2v) is 2.60. The first kappa shape index (κ1) is 6.33. The first-order valence-electron chi connectivity index (χ1n) is 3.02. The average molecular weight is 126 g/mol. The molecular weight excluding hydrogens is 116 g/mol. The summed E-state index contributed by atoms with van der Waals surface area (Å²) >= 11 is 0. The summed E-state index contributed by atoms with van der Waals surface area (Å²) in [6.45, 7) is 7.57. The summed E-state index contributed by atoms with van der Waals surface area (Å²) in [6, 6.07) is 0. The van der Waals surface area contributed by atoms with Crippen LogP contribution in [0.15, 0.2) is 12.2 Å². The molecule has 0 spiro atoms. The number of carbonyl (C=O) groups is 1. The number of ether oxygens (including phenoxy) is 1. The maximum atomic E-state index is 10.4. The smallest absolute Gasteiger partial charge is 0.337 e. The van der Waals surface area contributed by atoms with Crippen molar-refractivity contribution in [3.8, 4) is 0 Å². The monoisotopic (exact) mass is 126 g/mol. The first-order chi connectivity index (χ1) is 4.13. The Hall–Kier alpha value is -0.790. The third kappa shape index (κ3) is 0.846. The molecule has 1 saturated heterocycles. The van der Waals surface area contributed by atoms with Crippen LogP contribution in [0.5, 0.6) is 0 Å². The van der Waals surface area contributed by atoms with Gasteiger partial charge in [0.15, 0.2) is 0 Å². The summed E-state index contributed by atoms with van der Waals surface area (Å²) in [4.78, 5) is 10.4. The summed E-state index contributed by atoms with van der Waals surface area (Å²) < 4.78 is 4.77. The highest BCUT2D eigenvalue weighted by molar-refractivity contribution is 5.94. The Kier molecular flexibility index (Phi) is 1.31. The molecule has 1 aliphatic rings. The summed E-state index contributed by atoms with van der Waals surface area (Å²) in [6.07, 6.45) is -0.0162. The third-order valence-corrected chi connectivity index (χ3v) is 1.45. The zero-order valence-electron chi connectivity index (χ0n) is 5.68. The lowest BCUT2D eigenvalue weighted by molar-refractivity contribution is -0.158. The molecule has 0 aromatic carbocycles. The fourth-order valence-electron chi connectivity index (χ4n) is 0.859. The second-order valence-electron chi connectivity index (χ2n) is 2.60. The number of esters is 1. The van der Waals surface area contributed by atoms with Crippen molar-refractivity contribution in [1.82, 2.24) is 0 Å². The summed E-state index contributed by atoms with van der Waals surface area (Å²) in [5.41, 5.74) is 0.616. The molecular formula is C7H10O2. The molecule has 2 heteroatoms. The molecule has 50 valence electrons. The van der Waals surface area contributed by atoms with Gasteiger partial charge in [0.05, 0.1) is 5.57 Å². The van der Waals surface area contributed by atoms with Crippen molar-refractivity contribution in [2.75, 3.05) is 0 Å². The molecule has 1 atom stereocenters. The van der Waals surface area contributed by atoms with E-state index >= 15 is 0 Å². The molecule has 0 radical (unpaired) electrons. The molecule has 1 aliphatic heterocycles. The predicted molar refractivity (Wildman–Crippen MR) is 33.9 cm³/mol. The fraction of sp³-hybridized carbons (Fsp3) is 0.571. The predicted octanol–water partition coefficient (Wildman–Crippen LogP) is 1.12. The van der Waals surface area contributed by atoms with Crippen molar-refractivity contribution in [3.05, 3.63) is 12.2 Å². The number of hydrogen-bond donors (Lipinski definition) is 0. The molecule has 1 rings (SSSR count). The third-order valence-electron chi connectivity index (χ3n) is 1.45. The van der Waals surface area contributed by atoms with Gasteiger partial charge in [-0.3, -0.25) is 0 Å². The number of hydrogen-bond acceptors (Lipinski definition) is 2. The van der Waals surface area contributed by atoms with E-state index in [4.69, 9.17) is 4.74 Å². The molecule has 0 N–H and O–H groups in total. The van der Waals surface area contributed by atoms with Gasteiger partial charge in [0.1, 0.15) is 6.10 Å². The summed E-state index contributed by atoms with van der Waals surface area (Å²) in [7, 11) is 0. The number of cyclic esters (lactones) is 1. The van der Waals surface area contributed by atoms with Gasteiger partial charge in [-0.25, -0.2) is 4.79 Å². The lowest BCUT2D eigenvalue weighted by Crippen LogP contribution is -2.39. The molecule has 0 amide bonds. The molecule has 9 heavy (non-hydrogen) atoms. The van der Waals surface area contributed by atoms with E-state index in [1.54, 1.807) is 0 Å². The van der Waals surface area contributed by atoms with Gasteiger partial charge >= 0.3 is 5.97 Å². The normalized spacial score (nSPS) is 25.9. The van der Waals surface area contributed by atoms with Crippen LogP contribution in [0, 0.1) is 5.92 Å². The van der Waals surface area contributed by atoms with Crippen LogP contribution in [0.1, 0.15) is 13.8 Å². The van der Waals surface area contributed by atoms with Crippen LogP contribution < -0.4 is 0 Å². The molecule has 0 aromatic rings. The van der Waals surface area contributed by atoms with Crippen molar-refractivity contribution < 1.29 is 9.53 Å². The standard InChI is InChI=1S/C7H10O2/c1-4(2)6-5(3)7(8)9-6/h4,6H,3H2,1-2H3. The van der Waals surface area contributed by atoms with E-state index in [1.807, 2.05) is 13.8 Å². The van der Waals surface area contributed by atoms with Gasteiger partial charge in [0, 0.05) is 0 Å². The van der Waals surface area contributed by atoms with Crippen molar-refractivity contribution >= 4 is 5.97 Å². The SMILES string of the molecule is C=C1C(=O)OC1C(C)C. The lowest BCUT2D eigenvalue weighted by Gasteiger charge is -2.30. The van der Waals surface area contributed by atoms with Crippen LogP contribution in [0.3, 0.4) is 0 Å². The lowest BCUT2D eigenvalue weighted by atomic mass is 9.96. The van der Waals surface area contributed by atoms with Crippen LogP contribution in [-0.2, 0) is 9.53 Å². The minimum Gasteiger partial charge on any atom is -0.454 e. The van der Waals surface area contributed by atoms with Gasteiger partial charge < -0.3 is 4.74 Å². The van der Waals surface area contributed by atoms with Crippen LogP contribution in [-0.4, -0.2) is 12.1 Å². The van der Waals surface area contributed by atoms with Crippen molar-refractivity contribution in [2.24, 2.45) is 5.92 Å². The van der Waals surface area contributed by atoms with Gasteiger partial charge in [-0.15, -0.1) is 0 Å².